The minimum Gasteiger partial charge on any atom is -0.481 e. The van der Waals surface area contributed by atoms with Crippen LogP contribution in [0.3, 0.4) is 0 Å². The van der Waals surface area contributed by atoms with Crippen LogP contribution in [0, 0.1) is 0 Å². The third-order valence-corrected chi connectivity index (χ3v) is 3.34. The SMILES string of the molecule is COc1cc(-c2cccc(Cl)c2)nc(-n2ccc(C(F)(F)F)n2)n1. The lowest BCUT2D eigenvalue weighted by Crippen LogP contribution is -2.09. The number of rotatable bonds is 3. The summed E-state index contributed by atoms with van der Waals surface area (Å²) in [5.41, 5.74) is 0.0919. The smallest absolute Gasteiger partial charge is 0.435 e. The molecule has 124 valence electrons. The van der Waals surface area contributed by atoms with Gasteiger partial charge in [-0.25, -0.2) is 9.67 Å². The molecule has 2 aromatic heterocycles. The summed E-state index contributed by atoms with van der Waals surface area (Å²) in [5, 5.41) is 3.97. The van der Waals surface area contributed by atoms with E-state index in [0.29, 0.717) is 16.3 Å². The molecule has 0 saturated heterocycles. The largest absolute Gasteiger partial charge is 0.481 e. The van der Waals surface area contributed by atoms with Crippen LogP contribution in [0.1, 0.15) is 5.69 Å². The molecule has 3 aromatic rings. The topological polar surface area (TPSA) is 52.8 Å². The van der Waals surface area contributed by atoms with Crippen LogP contribution < -0.4 is 4.74 Å². The highest BCUT2D eigenvalue weighted by molar-refractivity contribution is 6.30. The van der Waals surface area contributed by atoms with Gasteiger partial charge in [0.05, 0.1) is 12.8 Å². The van der Waals surface area contributed by atoms with Crippen LogP contribution in [0.5, 0.6) is 5.88 Å². The molecule has 0 radical (unpaired) electrons. The Hall–Kier alpha value is -2.61. The lowest BCUT2D eigenvalue weighted by molar-refractivity contribution is -0.141. The monoisotopic (exact) mass is 354 g/mol. The molecule has 0 aliphatic rings. The van der Waals surface area contributed by atoms with Crippen molar-refractivity contribution in [3.8, 4) is 23.1 Å². The number of hydrogen-bond acceptors (Lipinski definition) is 4. The molecule has 0 aliphatic carbocycles. The van der Waals surface area contributed by atoms with E-state index in [1.165, 1.54) is 7.11 Å². The molecule has 9 heteroatoms. The molecule has 0 atom stereocenters. The second-order valence-electron chi connectivity index (χ2n) is 4.75. The minimum absolute atomic E-state index is 0.0418. The Bertz CT molecular complexity index is 879. The second kappa shape index (κ2) is 6.12. The molecule has 0 N–H and O–H groups in total. The molecule has 0 fully saturated rings. The first-order valence-electron chi connectivity index (χ1n) is 6.69. The Morgan fingerprint density at radius 1 is 1.12 bits per heavy atom. The molecule has 3 rings (SSSR count). The van der Waals surface area contributed by atoms with E-state index < -0.39 is 11.9 Å². The summed E-state index contributed by atoms with van der Waals surface area (Å²) in [6.45, 7) is 0. The first-order valence-corrected chi connectivity index (χ1v) is 7.07. The van der Waals surface area contributed by atoms with Crippen LogP contribution >= 0.6 is 11.6 Å². The number of hydrogen-bond donors (Lipinski definition) is 0. The maximum absolute atomic E-state index is 12.7. The van der Waals surface area contributed by atoms with E-state index in [2.05, 4.69) is 15.1 Å². The lowest BCUT2D eigenvalue weighted by atomic mass is 10.1. The molecule has 0 spiro atoms. The molecule has 0 unspecified atom stereocenters. The molecular weight excluding hydrogens is 345 g/mol. The van der Waals surface area contributed by atoms with Crippen molar-refractivity contribution in [1.29, 1.82) is 0 Å². The minimum atomic E-state index is -4.54. The first kappa shape index (κ1) is 16.3. The third-order valence-electron chi connectivity index (χ3n) is 3.10. The van der Waals surface area contributed by atoms with Gasteiger partial charge in [0.2, 0.25) is 5.88 Å². The Morgan fingerprint density at radius 2 is 1.92 bits per heavy atom. The van der Waals surface area contributed by atoms with Gasteiger partial charge in [0.1, 0.15) is 0 Å². The number of aromatic nitrogens is 4. The van der Waals surface area contributed by atoms with Gasteiger partial charge < -0.3 is 4.74 Å². The standard InChI is InChI=1S/C15H10ClF3N4O/c1-24-13-8-11(9-3-2-4-10(16)7-9)20-14(21-13)23-6-5-12(22-23)15(17,18)19/h2-8H,1H3. The van der Waals surface area contributed by atoms with Gasteiger partial charge in [-0.3, -0.25) is 0 Å². The zero-order chi connectivity index (χ0) is 17.3. The normalized spacial score (nSPS) is 11.5. The fraction of sp³-hybridized carbons (Fsp3) is 0.133. The highest BCUT2D eigenvalue weighted by Gasteiger charge is 2.33. The lowest BCUT2D eigenvalue weighted by Gasteiger charge is -2.08. The van der Waals surface area contributed by atoms with Crippen molar-refractivity contribution in [3.63, 3.8) is 0 Å². The summed E-state index contributed by atoms with van der Waals surface area (Å²) < 4.78 is 44.1. The van der Waals surface area contributed by atoms with Crippen LogP contribution in [0.15, 0.2) is 42.6 Å². The molecule has 5 nitrogen and oxygen atoms in total. The van der Waals surface area contributed by atoms with Gasteiger partial charge >= 0.3 is 6.18 Å². The fourth-order valence-corrected chi connectivity index (χ4v) is 2.19. The van der Waals surface area contributed by atoms with Gasteiger partial charge in [-0.2, -0.15) is 23.3 Å². The van der Waals surface area contributed by atoms with Gasteiger partial charge in [-0.1, -0.05) is 23.7 Å². The van der Waals surface area contributed by atoms with Crippen molar-refractivity contribution >= 4 is 11.6 Å². The average molecular weight is 355 g/mol. The maximum Gasteiger partial charge on any atom is 0.435 e. The maximum atomic E-state index is 12.7. The number of methoxy groups -OCH3 is 1. The van der Waals surface area contributed by atoms with Crippen LogP contribution in [0.25, 0.3) is 17.2 Å². The van der Waals surface area contributed by atoms with Crippen LogP contribution in [-0.4, -0.2) is 26.9 Å². The zero-order valence-corrected chi connectivity index (χ0v) is 13.0. The predicted octanol–water partition coefficient (Wildman–Crippen LogP) is 4.01. The van der Waals surface area contributed by atoms with Gasteiger partial charge in [0, 0.05) is 22.8 Å². The number of nitrogens with zero attached hydrogens (tertiary/aromatic N) is 4. The van der Waals surface area contributed by atoms with Crippen molar-refractivity contribution in [2.45, 2.75) is 6.18 Å². The van der Waals surface area contributed by atoms with Crippen LogP contribution in [0.2, 0.25) is 5.02 Å². The van der Waals surface area contributed by atoms with Crippen molar-refractivity contribution in [2.75, 3.05) is 7.11 Å². The Labute approximate surface area is 139 Å². The zero-order valence-electron chi connectivity index (χ0n) is 12.3. The van der Waals surface area contributed by atoms with Gasteiger partial charge in [0.15, 0.2) is 5.69 Å². The summed E-state index contributed by atoms with van der Waals surface area (Å²) in [7, 11) is 1.40. The number of alkyl halides is 3. The highest BCUT2D eigenvalue weighted by Crippen LogP contribution is 2.28. The van der Waals surface area contributed by atoms with Gasteiger partial charge in [-0.15, -0.1) is 0 Å². The Morgan fingerprint density at radius 3 is 2.54 bits per heavy atom. The summed E-state index contributed by atoms with van der Waals surface area (Å²) in [6, 6.07) is 9.29. The fourth-order valence-electron chi connectivity index (χ4n) is 2.00. The molecule has 24 heavy (non-hydrogen) atoms. The van der Waals surface area contributed by atoms with Crippen molar-refractivity contribution in [1.82, 2.24) is 19.7 Å². The number of ether oxygens (including phenoxy) is 1. The molecule has 1 aromatic carbocycles. The Kier molecular flexibility index (Phi) is 4.15. The summed E-state index contributed by atoms with van der Waals surface area (Å²) >= 11 is 5.96. The summed E-state index contributed by atoms with van der Waals surface area (Å²) in [6.07, 6.45) is -3.40. The third kappa shape index (κ3) is 3.33. The van der Waals surface area contributed by atoms with E-state index in [-0.39, 0.29) is 11.8 Å². The van der Waals surface area contributed by atoms with Crippen LogP contribution in [-0.2, 0) is 6.18 Å². The molecule has 0 bridgehead atoms. The van der Waals surface area contributed by atoms with E-state index in [4.69, 9.17) is 16.3 Å². The quantitative estimate of drug-likeness (QED) is 0.713. The van der Waals surface area contributed by atoms with Gasteiger partial charge in [0.25, 0.3) is 5.95 Å². The molecule has 0 aliphatic heterocycles. The van der Waals surface area contributed by atoms with E-state index in [0.717, 1.165) is 16.9 Å². The first-order chi connectivity index (χ1) is 11.4. The highest BCUT2D eigenvalue weighted by atomic mass is 35.5. The van der Waals surface area contributed by atoms with Crippen molar-refractivity contribution < 1.29 is 17.9 Å². The summed E-state index contributed by atoms with van der Waals surface area (Å²) in [5.74, 6) is 0.152. The molecule has 0 amide bonds. The van der Waals surface area contributed by atoms with Gasteiger partial charge in [-0.05, 0) is 18.2 Å². The van der Waals surface area contributed by atoms with E-state index >= 15 is 0 Å². The molecule has 0 saturated carbocycles. The van der Waals surface area contributed by atoms with Crippen LogP contribution in [0.4, 0.5) is 13.2 Å². The van der Waals surface area contributed by atoms with Crippen molar-refractivity contribution in [2.24, 2.45) is 0 Å². The Balaban J connectivity index is 2.09. The second-order valence-corrected chi connectivity index (χ2v) is 5.19. The summed E-state index contributed by atoms with van der Waals surface area (Å²) in [4.78, 5) is 8.27. The average Bonchev–Trinajstić information content (AvgIpc) is 3.05. The number of benzene rings is 1. The van der Waals surface area contributed by atoms with E-state index in [1.54, 1.807) is 30.3 Å². The predicted molar refractivity (Wildman–Crippen MR) is 81.2 cm³/mol. The number of halogens is 4. The molecular formula is C15H10ClF3N4O. The molecule has 2 heterocycles. The van der Waals surface area contributed by atoms with E-state index in [9.17, 15) is 13.2 Å². The van der Waals surface area contributed by atoms with E-state index in [1.807, 2.05) is 0 Å². The van der Waals surface area contributed by atoms with Crippen molar-refractivity contribution in [3.05, 3.63) is 53.3 Å².